The Balaban J connectivity index is 1.62. The van der Waals surface area contributed by atoms with E-state index in [-0.39, 0.29) is 36.0 Å². The first-order valence-corrected chi connectivity index (χ1v) is 10.0. The first kappa shape index (κ1) is 20.2. The number of ether oxygens (including phenoxy) is 2. The van der Waals surface area contributed by atoms with E-state index in [0.717, 1.165) is 24.3 Å². The Morgan fingerprint density at radius 1 is 1.07 bits per heavy atom. The van der Waals surface area contributed by atoms with Crippen LogP contribution in [0.15, 0.2) is 24.3 Å². The molecular weight excluding hydrogens is 360 g/mol. The number of hydrogen-bond donors (Lipinski definition) is 0. The third-order valence-corrected chi connectivity index (χ3v) is 5.29. The SMILES string of the molecule is CCOC(=O)[C@H]1CCCN(C(=O)[C@H]2CC(=O)N(c3ccc(OCC)cc3)C2)C1. The Morgan fingerprint density at radius 3 is 2.50 bits per heavy atom. The number of anilines is 1. The van der Waals surface area contributed by atoms with Crippen LogP contribution >= 0.6 is 0 Å². The van der Waals surface area contributed by atoms with Gasteiger partial charge in [-0.05, 0) is 51.0 Å². The van der Waals surface area contributed by atoms with E-state index >= 15 is 0 Å². The van der Waals surface area contributed by atoms with Gasteiger partial charge >= 0.3 is 5.97 Å². The molecule has 0 radical (unpaired) electrons. The number of likely N-dealkylation sites (tertiary alicyclic amines) is 1. The van der Waals surface area contributed by atoms with Crippen LogP contribution in [0.5, 0.6) is 5.75 Å². The fourth-order valence-corrected chi connectivity index (χ4v) is 3.90. The van der Waals surface area contributed by atoms with E-state index in [1.54, 1.807) is 16.7 Å². The summed E-state index contributed by atoms with van der Waals surface area (Å²) in [7, 11) is 0. The van der Waals surface area contributed by atoms with Crippen molar-refractivity contribution < 1.29 is 23.9 Å². The molecule has 1 aromatic rings. The summed E-state index contributed by atoms with van der Waals surface area (Å²) in [6.45, 7) is 6.00. The number of rotatable bonds is 6. The van der Waals surface area contributed by atoms with Gasteiger partial charge in [-0.15, -0.1) is 0 Å². The van der Waals surface area contributed by atoms with Crippen molar-refractivity contribution in [3.63, 3.8) is 0 Å². The summed E-state index contributed by atoms with van der Waals surface area (Å²) in [6.07, 6.45) is 1.72. The van der Waals surface area contributed by atoms with Gasteiger partial charge < -0.3 is 19.3 Å². The van der Waals surface area contributed by atoms with Crippen LogP contribution in [-0.4, -0.2) is 55.5 Å². The summed E-state index contributed by atoms with van der Waals surface area (Å²) in [5, 5.41) is 0. The average molecular weight is 388 g/mol. The zero-order valence-corrected chi connectivity index (χ0v) is 16.6. The highest BCUT2D eigenvalue weighted by atomic mass is 16.5. The lowest BCUT2D eigenvalue weighted by atomic mass is 9.96. The van der Waals surface area contributed by atoms with Crippen LogP contribution in [-0.2, 0) is 19.1 Å². The highest BCUT2D eigenvalue weighted by molar-refractivity contribution is 6.00. The van der Waals surface area contributed by atoms with Crippen molar-refractivity contribution >= 4 is 23.5 Å². The molecule has 2 fully saturated rings. The smallest absolute Gasteiger partial charge is 0.310 e. The lowest BCUT2D eigenvalue weighted by molar-refractivity contribution is -0.152. The minimum absolute atomic E-state index is 0.0456. The van der Waals surface area contributed by atoms with Crippen molar-refractivity contribution in [2.24, 2.45) is 11.8 Å². The molecule has 0 saturated carbocycles. The van der Waals surface area contributed by atoms with Crippen LogP contribution in [0.25, 0.3) is 0 Å². The standard InChI is InChI=1S/C21H28N2O5/c1-3-27-18-9-7-17(8-10-18)23-14-16(12-19(23)24)20(25)22-11-5-6-15(13-22)21(26)28-4-2/h7-10,15-16H,3-6,11-14H2,1-2H3/t15-,16-/m0/s1. The molecule has 0 aliphatic carbocycles. The number of benzene rings is 1. The van der Waals surface area contributed by atoms with Crippen LogP contribution in [0.2, 0.25) is 0 Å². The van der Waals surface area contributed by atoms with Gasteiger partial charge in [-0.2, -0.15) is 0 Å². The van der Waals surface area contributed by atoms with E-state index in [1.165, 1.54) is 0 Å². The third-order valence-electron chi connectivity index (χ3n) is 5.29. The van der Waals surface area contributed by atoms with E-state index < -0.39 is 0 Å². The molecule has 7 nitrogen and oxygen atoms in total. The molecule has 2 aliphatic rings. The highest BCUT2D eigenvalue weighted by Gasteiger charge is 2.39. The second-order valence-corrected chi connectivity index (χ2v) is 7.21. The molecule has 2 heterocycles. The van der Waals surface area contributed by atoms with Crippen molar-refractivity contribution in [1.82, 2.24) is 4.90 Å². The normalized spacial score (nSPS) is 22.3. The van der Waals surface area contributed by atoms with Crippen molar-refractivity contribution in [1.29, 1.82) is 0 Å². The van der Waals surface area contributed by atoms with E-state index in [0.29, 0.717) is 32.8 Å². The molecule has 0 bridgehead atoms. The Hall–Kier alpha value is -2.57. The summed E-state index contributed by atoms with van der Waals surface area (Å²) in [6, 6.07) is 7.34. The molecule has 0 aromatic heterocycles. The van der Waals surface area contributed by atoms with Gasteiger partial charge in [0.05, 0.1) is 25.0 Å². The van der Waals surface area contributed by atoms with Gasteiger partial charge in [0.15, 0.2) is 0 Å². The molecule has 28 heavy (non-hydrogen) atoms. The highest BCUT2D eigenvalue weighted by Crippen LogP contribution is 2.29. The molecule has 0 N–H and O–H groups in total. The molecule has 2 saturated heterocycles. The van der Waals surface area contributed by atoms with Crippen molar-refractivity contribution in [2.75, 3.05) is 37.7 Å². The average Bonchev–Trinajstić information content (AvgIpc) is 3.10. The first-order valence-electron chi connectivity index (χ1n) is 10.0. The molecule has 0 spiro atoms. The van der Waals surface area contributed by atoms with Gasteiger partial charge in [-0.25, -0.2) is 0 Å². The summed E-state index contributed by atoms with van der Waals surface area (Å²) in [5.41, 5.74) is 0.770. The van der Waals surface area contributed by atoms with Crippen LogP contribution in [0.1, 0.15) is 33.1 Å². The molecule has 0 unspecified atom stereocenters. The quantitative estimate of drug-likeness (QED) is 0.699. The zero-order chi connectivity index (χ0) is 20.1. The van der Waals surface area contributed by atoms with Crippen molar-refractivity contribution in [2.45, 2.75) is 33.1 Å². The number of piperidine rings is 1. The fourth-order valence-electron chi connectivity index (χ4n) is 3.90. The minimum Gasteiger partial charge on any atom is -0.494 e. The molecule has 1 aromatic carbocycles. The molecule has 2 amide bonds. The van der Waals surface area contributed by atoms with Gasteiger partial charge in [-0.1, -0.05) is 0 Å². The number of hydrogen-bond acceptors (Lipinski definition) is 5. The summed E-state index contributed by atoms with van der Waals surface area (Å²) < 4.78 is 10.5. The Morgan fingerprint density at radius 2 is 1.82 bits per heavy atom. The first-order chi connectivity index (χ1) is 13.5. The number of carbonyl (C=O) groups excluding carboxylic acids is 3. The number of nitrogens with zero attached hydrogens (tertiary/aromatic N) is 2. The molecular formula is C21H28N2O5. The van der Waals surface area contributed by atoms with Gasteiger partial charge in [-0.3, -0.25) is 14.4 Å². The lowest BCUT2D eigenvalue weighted by Crippen LogP contribution is -2.45. The maximum Gasteiger partial charge on any atom is 0.310 e. The van der Waals surface area contributed by atoms with Crippen molar-refractivity contribution in [3.8, 4) is 5.75 Å². The largest absolute Gasteiger partial charge is 0.494 e. The van der Waals surface area contributed by atoms with Crippen LogP contribution in [0.4, 0.5) is 5.69 Å². The fraction of sp³-hybridized carbons (Fsp3) is 0.571. The monoisotopic (exact) mass is 388 g/mol. The summed E-state index contributed by atoms with van der Waals surface area (Å²) >= 11 is 0. The molecule has 7 heteroatoms. The summed E-state index contributed by atoms with van der Waals surface area (Å²) in [4.78, 5) is 40.9. The van der Waals surface area contributed by atoms with Crippen LogP contribution in [0.3, 0.4) is 0 Å². The van der Waals surface area contributed by atoms with Gasteiger partial charge in [0.2, 0.25) is 11.8 Å². The molecule has 3 rings (SSSR count). The number of amides is 2. The maximum atomic E-state index is 13.0. The Bertz CT molecular complexity index is 718. The Kier molecular flexibility index (Phi) is 6.54. The van der Waals surface area contributed by atoms with E-state index in [9.17, 15) is 14.4 Å². The second-order valence-electron chi connectivity index (χ2n) is 7.21. The maximum absolute atomic E-state index is 13.0. The summed E-state index contributed by atoms with van der Waals surface area (Å²) in [5.74, 6) is -0.225. The van der Waals surface area contributed by atoms with Crippen molar-refractivity contribution in [3.05, 3.63) is 24.3 Å². The topological polar surface area (TPSA) is 76.2 Å². The van der Waals surface area contributed by atoms with Gasteiger partial charge in [0, 0.05) is 31.7 Å². The van der Waals surface area contributed by atoms with E-state index in [1.807, 2.05) is 31.2 Å². The van der Waals surface area contributed by atoms with Crippen LogP contribution in [0, 0.1) is 11.8 Å². The predicted molar refractivity (Wildman–Crippen MR) is 104 cm³/mol. The number of carbonyl (C=O) groups is 3. The van der Waals surface area contributed by atoms with Gasteiger partial charge in [0.1, 0.15) is 5.75 Å². The second kappa shape index (κ2) is 9.08. The predicted octanol–water partition coefficient (Wildman–Crippen LogP) is 2.24. The zero-order valence-electron chi connectivity index (χ0n) is 16.6. The molecule has 152 valence electrons. The van der Waals surface area contributed by atoms with Gasteiger partial charge in [0.25, 0.3) is 0 Å². The minimum atomic E-state index is -0.375. The van der Waals surface area contributed by atoms with Crippen LogP contribution < -0.4 is 9.64 Å². The number of esters is 1. The Labute approximate surface area is 165 Å². The lowest BCUT2D eigenvalue weighted by Gasteiger charge is -2.33. The molecule has 2 atom stereocenters. The van der Waals surface area contributed by atoms with E-state index in [2.05, 4.69) is 0 Å². The third kappa shape index (κ3) is 4.46. The van der Waals surface area contributed by atoms with E-state index in [4.69, 9.17) is 9.47 Å². The molecule has 2 aliphatic heterocycles.